The SMILES string of the molecule is COc1ccc(CNc2cccnc2)c(O)c1. The number of aromatic hydroxyl groups is 1. The van der Waals surface area contributed by atoms with Gasteiger partial charge in [-0.05, 0) is 24.3 Å². The first-order valence-corrected chi connectivity index (χ1v) is 5.29. The van der Waals surface area contributed by atoms with E-state index in [1.54, 1.807) is 25.6 Å². The monoisotopic (exact) mass is 230 g/mol. The predicted octanol–water partition coefficient (Wildman–Crippen LogP) is 2.41. The molecule has 0 aliphatic heterocycles. The number of rotatable bonds is 4. The predicted molar refractivity (Wildman–Crippen MR) is 66.2 cm³/mol. The second-order valence-corrected chi connectivity index (χ2v) is 3.59. The molecule has 0 spiro atoms. The van der Waals surface area contributed by atoms with Crippen LogP contribution in [0.15, 0.2) is 42.7 Å². The number of anilines is 1. The third-order valence-electron chi connectivity index (χ3n) is 2.44. The van der Waals surface area contributed by atoms with Crippen molar-refractivity contribution in [2.75, 3.05) is 12.4 Å². The third-order valence-corrected chi connectivity index (χ3v) is 2.44. The number of methoxy groups -OCH3 is 1. The highest BCUT2D eigenvalue weighted by molar-refractivity contribution is 5.44. The highest BCUT2D eigenvalue weighted by Crippen LogP contribution is 2.23. The Bertz CT molecular complexity index is 486. The molecule has 0 atom stereocenters. The van der Waals surface area contributed by atoms with Crippen molar-refractivity contribution in [3.05, 3.63) is 48.3 Å². The first-order chi connectivity index (χ1) is 8.29. The molecule has 17 heavy (non-hydrogen) atoms. The molecule has 1 aromatic heterocycles. The van der Waals surface area contributed by atoms with Gasteiger partial charge in [0.15, 0.2) is 0 Å². The molecule has 0 radical (unpaired) electrons. The lowest BCUT2D eigenvalue weighted by atomic mass is 10.2. The minimum Gasteiger partial charge on any atom is -0.507 e. The maximum absolute atomic E-state index is 9.76. The molecule has 4 heteroatoms. The number of pyridine rings is 1. The van der Waals surface area contributed by atoms with Crippen molar-refractivity contribution in [3.63, 3.8) is 0 Å². The highest BCUT2D eigenvalue weighted by Gasteiger charge is 2.02. The number of ether oxygens (including phenoxy) is 1. The largest absolute Gasteiger partial charge is 0.507 e. The highest BCUT2D eigenvalue weighted by atomic mass is 16.5. The summed E-state index contributed by atoms with van der Waals surface area (Å²) in [5.74, 6) is 0.869. The summed E-state index contributed by atoms with van der Waals surface area (Å²) in [5, 5.41) is 12.9. The van der Waals surface area contributed by atoms with Gasteiger partial charge in [-0.1, -0.05) is 0 Å². The number of hydrogen-bond donors (Lipinski definition) is 2. The Balaban J connectivity index is 2.04. The van der Waals surface area contributed by atoms with Gasteiger partial charge in [-0.3, -0.25) is 4.98 Å². The Morgan fingerprint density at radius 2 is 2.24 bits per heavy atom. The van der Waals surface area contributed by atoms with E-state index in [9.17, 15) is 5.11 Å². The molecule has 1 aromatic carbocycles. The maximum atomic E-state index is 9.76. The van der Waals surface area contributed by atoms with Crippen molar-refractivity contribution >= 4 is 5.69 Å². The zero-order chi connectivity index (χ0) is 12.1. The summed E-state index contributed by atoms with van der Waals surface area (Å²) < 4.78 is 5.02. The van der Waals surface area contributed by atoms with Gasteiger partial charge in [-0.15, -0.1) is 0 Å². The summed E-state index contributed by atoms with van der Waals surface area (Å²) in [4.78, 5) is 4.00. The molecular formula is C13H14N2O2. The molecule has 1 heterocycles. The summed E-state index contributed by atoms with van der Waals surface area (Å²) in [5.41, 5.74) is 1.73. The van der Waals surface area contributed by atoms with Gasteiger partial charge in [0.1, 0.15) is 11.5 Å². The third kappa shape index (κ3) is 2.87. The van der Waals surface area contributed by atoms with Crippen LogP contribution in [-0.2, 0) is 6.54 Å². The van der Waals surface area contributed by atoms with Crippen LogP contribution in [0.1, 0.15) is 5.56 Å². The van der Waals surface area contributed by atoms with Gasteiger partial charge in [-0.25, -0.2) is 0 Å². The first kappa shape index (κ1) is 11.3. The first-order valence-electron chi connectivity index (χ1n) is 5.29. The molecule has 88 valence electrons. The number of nitrogens with zero attached hydrogens (tertiary/aromatic N) is 1. The van der Waals surface area contributed by atoms with Gasteiger partial charge in [-0.2, -0.15) is 0 Å². The summed E-state index contributed by atoms with van der Waals surface area (Å²) in [6.45, 7) is 0.543. The molecule has 0 saturated carbocycles. The van der Waals surface area contributed by atoms with E-state index in [4.69, 9.17) is 4.74 Å². The van der Waals surface area contributed by atoms with E-state index >= 15 is 0 Å². The zero-order valence-electron chi connectivity index (χ0n) is 9.55. The van der Waals surface area contributed by atoms with Crippen molar-refractivity contribution < 1.29 is 9.84 Å². The number of benzene rings is 1. The van der Waals surface area contributed by atoms with Gasteiger partial charge in [0, 0.05) is 30.6 Å². The van der Waals surface area contributed by atoms with E-state index in [0.29, 0.717) is 12.3 Å². The summed E-state index contributed by atoms with van der Waals surface area (Å²) in [6, 6.07) is 9.03. The molecule has 0 aliphatic carbocycles. The molecule has 0 amide bonds. The Morgan fingerprint density at radius 1 is 1.35 bits per heavy atom. The van der Waals surface area contributed by atoms with Crippen LogP contribution in [0.4, 0.5) is 5.69 Å². The second-order valence-electron chi connectivity index (χ2n) is 3.59. The van der Waals surface area contributed by atoms with Crippen LogP contribution in [0.2, 0.25) is 0 Å². The standard InChI is InChI=1S/C13H14N2O2/c1-17-12-5-4-10(13(16)7-12)8-15-11-3-2-6-14-9-11/h2-7,9,15-16H,8H2,1H3. The van der Waals surface area contributed by atoms with Crippen LogP contribution in [0.3, 0.4) is 0 Å². The summed E-state index contributed by atoms with van der Waals surface area (Å²) in [7, 11) is 1.57. The molecule has 4 nitrogen and oxygen atoms in total. The van der Waals surface area contributed by atoms with Gasteiger partial charge < -0.3 is 15.2 Å². The maximum Gasteiger partial charge on any atom is 0.124 e. The van der Waals surface area contributed by atoms with Crippen LogP contribution >= 0.6 is 0 Å². The number of hydrogen-bond acceptors (Lipinski definition) is 4. The normalized spacial score (nSPS) is 9.94. The fraction of sp³-hybridized carbons (Fsp3) is 0.154. The average Bonchev–Trinajstić information content (AvgIpc) is 2.38. The van der Waals surface area contributed by atoms with Gasteiger partial charge in [0.05, 0.1) is 12.8 Å². The van der Waals surface area contributed by atoms with Crippen molar-refractivity contribution in [1.82, 2.24) is 4.98 Å². The Morgan fingerprint density at radius 3 is 2.88 bits per heavy atom. The molecule has 2 aromatic rings. The fourth-order valence-corrected chi connectivity index (χ4v) is 1.48. The van der Waals surface area contributed by atoms with Crippen LogP contribution < -0.4 is 10.1 Å². The topological polar surface area (TPSA) is 54.4 Å². The van der Waals surface area contributed by atoms with Crippen LogP contribution in [0.5, 0.6) is 11.5 Å². The smallest absolute Gasteiger partial charge is 0.124 e. The lowest BCUT2D eigenvalue weighted by Gasteiger charge is -2.08. The minimum atomic E-state index is 0.223. The van der Waals surface area contributed by atoms with Crippen molar-refractivity contribution in [2.45, 2.75) is 6.54 Å². The Hall–Kier alpha value is -2.23. The molecular weight excluding hydrogens is 216 g/mol. The van der Waals surface area contributed by atoms with Crippen molar-refractivity contribution in [3.8, 4) is 11.5 Å². The van der Waals surface area contributed by atoms with Crippen LogP contribution in [-0.4, -0.2) is 17.2 Å². The Kier molecular flexibility index (Phi) is 3.45. The van der Waals surface area contributed by atoms with E-state index in [-0.39, 0.29) is 5.75 Å². The molecule has 0 bridgehead atoms. The molecule has 0 fully saturated rings. The van der Waals surface area contributed by atoms with Gasteiger partial charge in [0.25, 0.3) is 0 Å². The Labute approximate surface area is 99.9 Å². The molecule has 0 unspecified atom stereocenters. The van der Waals surface area contributed by atoms with E-state index in [1.165, 1.54) is 0 Å². The second kappa shape index (κ2) is 5.21. The molecule has 2 rings (SSSR count). The van der Waals surface area contributed by atoms with E-state index in [0.717, 1.165) is 11.3 Å². The van der Waals surface area contributed by atoms with Crippen molar-refractivity contribution in [1.29, 1.82) is 0 Å². The van der Waals surface area contributed by atoms with Crippen molar-refractivity contribution in [2.24, 2.45) is 0 Å². The lowest BCUT2D eigenvalue weighted by molar-refractivity contribution is 0.406. The zero-order valence-corrected chi connectivity index (χ0v) is 9.55. The number of phenols is 1. The average molecular weight is 230 g/mol. The molecule has 2 N–H and O–H groups in total. The number of phenolic OH excluding ortho intramolecular Hbond substituents is 1. The quantitative estimate of drug-likeness (QED) is 0.846. The number of aromatic nitrogens is 1. The van der Waals surface area contributed by atoms with Gasteiger partial charge >= 0.3 is 0 Å². The van der Waals surface area contributed by atoms with E-state index in [1.807, 2.05) is 24.3 Å². The fourth-order valence-electron chi connectivity index (χ4n) is 1.48. The number of nitrogens with one attached hydrogen (secondary N) is 1. The van der Waals surface area contributed by atoms with Gasteiger partial charge in [0.2, 0.25) is 0 Å². The summed E-state index contributed by atoms with van der Waals surface area (Å²) >= 11 is 0. The molecule has 0 aliphatic rings. The van der Waals surface area contributed by atoms with Crippen LogP contribution in [0, 0.1) is 0 Å². The minimum absolute atomic E-state index is 0.223. The summed E-state index contributed by atoms with van der Waals surface area (Å²) in [6.07, 6.45) is 3.45. The molecule has 0 saturated heterocycles. The van der Waals surface area contributed by atoms with E-state index in [2.05, 4.69) is 10.3 Å². The van der Waals surface area contributed by atoms with Crippen LogP contribution in [0.25, 0.3) is 0 Å². The van der Waals surface area contributed by atoms with E-state index < -0.39 is 0 Å². The lowest BCUT2D eigenvalue weighted by Crippen LogP contribution is -2.00.